The largest absolute Gasteiger partial charge is 0.254 e. The van der Waals surface area contributed by atoms with Crippen LogP contribution in [0.4, 0.5) is 28.9 Å². The van der Waals surface area contributed by atoms with Crippen molar-refractivity contribution >= 4 is 11.4 Å². The summed E-state index contributed by atoms with van der Waals surface area (Å²) in [5.41, 5.74) is 0.760. The fraction of sp³-hybridized carbons (Fsp3) is 0. The first-order valence-electron chi connectivity index (χ1n) is 5.14. The molecular formula is C12H7F4N3. The van der Waals surface area contributed by atoms with Gasteiger partial charge in [-0.25, -0.2) is 17.6 Å². The van der Waals surface area contributed by atoms with Gasteiger partial charge in [-0.3, -0.25) is 5.43 Å². The van der Waals surface area contributed by atoms with Crippen LogP contribution in [0.15, 0.2) is 46.7 Å². The molecule has 0 aromatic heterocycles. The fourth-order valence-electron chi connectivity index (χ4n) is 1.31. The molecule has 0 unspecified atom stereocenters. The molecular weight excluding hydrogens is 262 g/mol. The SMILES string of the molecule is Fc1cccc(F)c1/N=N/Nc1c(F)cccc1F. The number of nitrogens with one attached hydrogen (secondary N) is 1. The normalized spacial score (nSPS) is 10.9. The van der Waals surface area contributed by atoms with Gasteiger partial charge in [-0.1, -0.05) is 17.4 Å². The molecule has 0 heterocycles. The van der Waals surface area contributed by atoms with Gasteiger partial charge >= 0.3 is 0 Å². The third-order valence-electron chi connectivity index (χ3n) is 2.21. The van der Waals surface area contributed by atoms with Crippen LogP contribution in [0.5, 0.6) is 0 Å². The van der Waals surface area contributed by atoms with E-state index in [4.69, 9.17) is 0 Å². The van der Waals surface area contributed by atoms with E-state index in [1.54, 1.807) is 0 Å². The molecule has 0 aliphatic carbocycles. The zero-order chi connectivity index (χ0) is 13.8. The maximum absolute atomic E-state index is 13.2. The third-order valence-corrected chi connectivity index (χ3v) is 2.21. The second-order valence-corrected chi connectivity index (χ2v) is 3.48. The summed E-state index contributed by atoms with van der Waals surface area (Å²) in [6.07, 6.45) is 0. The second-order valence-electron chi connectivity index (χ2n) is 3.48. The average Bonchev–Trinajstić information content (AvgIpc) is 2.36. The summed E-state index contributed by atoms with van der Waals surface area (Å²) in [6, 6.07) is 6.31. The molecule has 0 aliphatic rings. The summed E-state index contributed by atoms with van der Waals surface area (Å²) in [4.78, 5) is 0. The number of para-hydroxylation sites is 1. The molecule has 3 nitrogen and oxygen atoms in total. The van der Waals surface area contributed by atoms with Crippen LogP contribution in [0.3, 0.4) is 0 Å². The Labute approximate surface area is 105 Å². The van der Waals surface area contributed by atoms with Crippen molar-refractivity contribution in [3.63, 3.8) is 0 Å². The van der Waals surface area contributed by atoms with Crippen molar-refractivity contribution in [1.82, 2.24) is 0 Å². The number of hydrogen-bond donors (Lipinski definition) is 1. The van der Waals surface area contributed by atoms with Gasteiger partial charge in [-0.05, 0) is 24.3 Å². The molecule has 0 saturated heterocycles. The van der Waals surface area contributed by atoms with Gasteiger partial charge in [-0.15, -0.1) is 5.11 Å². The third kappa shape index (κ3) is 2.87. The van der Waals surface area contributed by atoms with Gasteiger partial charge in [0.2, 0.25) is 0 Å². The molecule has 0 spiro atoms. The summed E-state index contributed by atoms with van der Waals surface area (Å²) in [5.74, 6) is -3.65. The topological polar surface area (TPSA) is 36.8 Å². The molecule has 2 aromatic carbocycles. The maximum Gasteiger partial charge on any atom is 0.159 e. The average molecular weight is 269 g/mol. The Morgan fingerprint density at radius 3 is 1.74 bits per heavy atom. The van der Waals surface area contributed by atoms with Gasteiger partial charge < -0.3 is 0 Å². The van der Waals surface area contributed by atoms with Crippen molar-refractivity contribution in [2.24, 2.45) is 10.3 Å². The number of nitrogens with zero attached hydrogens (tertiary/aromatic N) is 2. The first-order valence-corrected chi connectivity index (χ1v) is 5.14. The van der Waals surface area contributed by atoms with E-state index >= 15 is 0 Å². The number of benzene rings is 2. The first kappa shape index (κ1) is 13.0. The lowest BCUT2D eigenvalue weighted by molar-refractivity contribution is 0.582. The van der Waals surface area contributed by atoms with Gasteiger partial charge in [0.1, 0.15) is 5.69 Å². The zero-order valence-corrected chi connectivity index (χ0v) is 9.37. The molecule has 0 radical (unpaired) electrons. The van der Waals surface area contributed by atoms with E-state index in [2.05, 4.69) is 10.3 Å². The highest BCUT2D eigenvalue weighted by Crippen LogP contribution is 2.23. The highest BCUT2D eigenvalue weighted by molar-refractivity contribution is 5.45. The first-order chi connectivity index (χ1) is 9.09. The van der Waals surface area contributed by atoms with Crippen LogP contribution >= 0.6 is 0 Å². The minimum Gasteiger partial charge on any atom is -0.254 e. The Morgan fingerprint density at radius 2 is 1.21 bits per heavy atom. The standard InChI is InChI=1S/C12H7F4N3/c13-7-3-1-4-8(14)11(7)17-19-18-12-9(15)5-2-6-10(12)16/h1-6H,(H,17,18). The minimum atomic E-state index is -0.931. The predicted molar refractivity (Wildman–Crippen MR) is 60.9 cm³/mol. The summed E-state index contributed by atoms with van der Waals surface area (Å²) in [6.45, 7) is 0. The predicted octanol–water partition coefficient (Wildman–Crippen LogP) is 4.35. The Morgan fingerprint density at radius 1 is 0.737 bits per heavy atom. The van der Waals surface area contributed by atoms with Crippen molar-refractivity contribution < 1.29 is 17.6 Å². The Balaban J connectivity index is 2.21. The van der Waals surface area contributed by atoms with Crippen LogP contribution < -0.4 is 5.43 Å². The number of rotatable bonds is 3. The van der Waals surface area contributed by atoms with Crippen molar-refractivity contribution in [1.29, 1.82) is 0 Å². The monoisotopic (exact) mass is 269 g/mol. The van der Waals surface area contributed by atoms with Gasteiger partial charge in [0.15, 0.2) is 29.0 Å². The van der Waals surface area contributed by atoms with Gasteiger partial charge in [0.05, 0.1) is 0 Å². The summed E-state index contributed by atoms with van der Waals surface area (Å²) in [7, 11) is 0. The van der Waals surface area contributed by atoms with Gasteiger partial charge in [0.25, 0.3) is 0 Å². The number of anilines is 1. The lowest BCUT2D eigenvalue weighted by Crippen LogP contribution is -1.95. The van der Waals surface area contributed by atoms with E-state index in [-0.39, 0.29) is 0 Å². The highest BCUT2D eigenvalue weighted by atomic mass is 19.1. The molecule has 1 N–H and O–H groups in total. The lowest BCUT2D eigenvalue weighted by atomic mass is 10.3. The van der Waals surface area contributed by atoms with E-state index in [1.807, 2.05) is 5.43 Å². The van der Waals surface area contributed by atoms with Crippen molar-refractivity contribution in [3.05, 3.63) is 59.7 Å². The van der Waals surface area contributed by atoms with E-state index < -0.39 is 34.6 Å². The van der Waals surface area contributed by atoms with Crippen LogP contribution in [0.2, 0.25) is 0 Å². The molecule has 0 bridgehead atoms. The lowest BCUT2D eigenvalue weighted by Gasteiger charge is -2.02. The van der Waals surface area contributed by atoms with E-state index in [0.717, 1.165) is 30.3 Å². The molecule has 0 saturated carbocycles. The van der Waals surface area contributed by atoms with Crippen LogP contribution in [-0.4, -0.2) is 0 Å². The van der Waals surface area contributed by atoms with E-state index in [9.17, 15) is 17.6 Å². The Kier molecular flexibility index (Phi) is 3.74. The van der Waals surface area contributed by atoms with Gasteiger partial charge in [0, 0.05) is 0 Å². The summed E-state index contributed by atoms with van der Waals surface area (Å²) < 4.78 is 52.7. The van der Waals surface area contributed by atoms with Gasteiger partial charge in [-0.2, -0.15) is 0 Å². The van der Waals surface area contributed by atoms with Crippen LogP contribution in [0.25, 0.3) is 0 Å². The molecule has 0 aliphatic heterocycles. The summed E-state index contributed by atoms with van der Waals surface area (Å²) in [5, 5.41) is 6.38. The van der Waals surface area contributed by atoms with Crippen molar-refractivity contribution in [3.8, 4) is 0 Å². The zero-order valence-electron chi connectivity index (χ0n) is 9.37. The molecule has 0 atom stereocenters. The number of hydrogen-bond acceptors (Lipinski definition) is 2. The van der Waals surface area contributed by atoms with Crippen LogP contribution in [0.1, 0.15) is 0 Å². The second kappa shape index (κ2) is 5.47. The molecule has 2 rings (SSSR count). The number of halogens is 4. The maximum atomic E-state index is 13.2. The van der Waals surface area contributed by atoms with Crippen LogP contribution in [-0.2, 0) is 0 Å². The molecule has 2 aromatic rings. The van der Waals surface area contributed by atoms with Crippen molar-refractivity contribution in [2.45, 2.75) is 0 Å². The molecule has 0 amide bonds. The van der Waals surface area contributed by atoms with E-state index in [0.29, 0.717) is 0 Å². The highest BCUT2D eigenvalue weighted by Gasteiger charge is 2.09. The smallest absolute Gasteiger partial charge is 0.159 e. The Hall–Kier alpha value is -2.44. The molecule has 0 fully saturated rings. The molecule has 7 heteroatoms. The minimum absolute atomic E-state index is 0.553. The van der Waals surface area contributed by atoms with E-state index in [1.165, 1.54) is 6.07 Å². The van der Waals surface area contributed by atoms with Crippen LogP contribution in [0, 0.1) is 23.3 Å². The molecule has 19 heavy (non-hydrogen) atoms. The Bertz CT molecular complexity index is 588. The quantitative estimate of drug-likeness (QED) is 0.502. The fourth-order valence-corrected chi connectivity index (χ4v) is 1.31. The van der Waals surface area contributed by atoms with Crippen molar-refractivity contribution in [2.75, 3.05) is 5.43 Å². The summed E-state index contributed by atoms with van der Waals surface area (Å²) >= 11 is 0. The molecule has 98 valence electrons.